The quantitative estimate of drug-likeness (QED) is 0.196. The summed E-state index contributed by atoms with van der Waals surface area (Å²) < 4.78 is 23.5. The summed E-state index contributed by atoms with van der Waals surface area (Å²) in [6.45, 7) is 7.14. The second-order valence-corrected chi connectivity index (χ2v) is 8.63. The standard InChI is InChI=1S/C28H29BrN2O7/c1-4-35-23-12-11-21(15-24(23)36-5-2)27(32)31-30-16-19-13-22(29)26(25(14-19)37-6-3)38-17-18-7-9-20(10-8-18)28(33)34/h7-16H,4-6,17H2,1-3H3,(H,31,32)(H,33,34)/b30-16+. The van der Waals surface area contributed by atoms with Gasteiger partial charge in [-0.1, -0.05) is 12.1 Å². The topological polar surface area (TPSA) is 116 Å². The first-order chi connectivity index (χ1) is 18.4. The van der Waals surface area contributed by atoms with Gasteiger partial charge in [-0.2, -0.15) is 5.10 Å². The second kappa shape index (κ2) is 14.0. The summed E-state index contributed by atoms with van der Waals surface area (Å²) >= 11 is 3.51. The van der Waals surface area contributed by atoms with Crippen LogP contribution in [0, 0.1) is 0 Å². The van der Waals surface area contributed by atoms with Crippen LogP contribution in [0.1, 0.15) is 52.6 Å². The van der Waals surface area contributed by atoms with E-state index < -0.39 is 11.9 Å². The number of hydrogen-bond donors (Lipinski definition) is 2. The number of ether oxygens (including phenoxy) is 4. The molecule has 0 saturated heterocycles. The van der Waals surface area contributed by atoms with E-state index in [0.29, 0.717) is 58.4 Å². The Bertz CT molecular complexity index is 1290. The lowest BCUT2D eigenvalue weighted by Gasteiger charge is -2.15. The van der Waals surface area contributed by atoms with Gasteiger partial charge in [0.1, 0.15) is 6.61 Å². The van der Waals surface area contributed by atoms with Crippen LogP contribution < -0.4 is 24.4 Å². The van der Waals surface area contributed by atoms with Gasteiger partial charge in [0.05, 0.1) is 36.1 Å². The summed E-state index contributed by atoms with van der Waals surface area (Å²) in [6, 6.07) is 14.9. The molecular formula is C28H29BrN2O7. The van der Waals surface area contributed by atoms with Crippen LogP contribution in [0.5, 0.6) is 23.0 Å². The van der Waals surface area contributed by atoms with E-state index in [-0.39, 0.29) is 12.2 Å². The van der Waals surface area contributed by atoms with Crippen molar-refractivity contribution in [1.29, 1.82) is 0 Å². The van der Waals surface area contributed by atoms with Crippen LogP contribution in [0.3, 0.4) is 0 Å². The highest BCUT2D eigenvalue weighted by Crippen LogP contribution is 2.37. The van der Waals surface area contributed by atoms with Crippen LogP contribution in [-0.4, -0.2) is 43.0 Å². The minimum Gasteiger partial charge on any atom is -0.490 e. The van der Waals surface area contributed by atoms with Crippen molar-refractivity contribution < 1.29 is 33.6 Å². The van der Waals surface area contributed by atoms with Crippen molar-refractivity contribution in [3.63, 3.8) is 0 Å². The normalized spacial score (nSPS) is 10.7. The SMILES string of the molecule is CCOc1ccc(C(=O)N/N=C/c2cc(Br)c(OCc3ccc(C(=O)O)cc3)c(OCC)c2)cc1OCC. The molecule has 200 valence electrons. The molecule has 9 nitrogen and oxygen atoms in total. The third-order valence-corrected chi connectivity index (χ3v) is 5.69. The van der Waals surface area contributed by atoms with Gasteiger partial charge in [-0.15, -0.1) is 0 Å². The number of amides is 1. The number of carboxylic acid groups (broad SMARTS) is 1. The van der Waals surface area contributed by atoms with E-state index in [1.807, 2.05) is 20.8 Å². The molecular weight excluding hydrogens is 556 g/mol. The number of carboxylic acids is 1. The van der Waals surface area contributed by atoms with E-state index in [2.05, 4.69) is 26.5 Å². The van der Waals surface area contributed by atoms with Crippen LogP contribution in [-0.2, 0) is 6.61 Å². The molecule has 10 heteroatoms. The number of nitrogens with zero attached hydrogens (tertiary/aromatic N) is 1. The maximum atomic E-state index is 12.6. The van der Waals surface area contributed by atoms with Crippen LogP contribution in [0.15, 0.2) is 64.2 Å². The molecule has 0 radical (unpaired) electrons. The summed E-state index contributed by atoms with van der Waals surface area (Å²) in [6.07, 6.45) is 1.50. The number of nitrogens with one attached hydrogen (secondary N) is 1. The predicted octanol–water partition coefficient (Wildman–Crippen LogP) is 5.69. The van der Waals surface area contributed by atoms with Crippen molar-refractivity contribution in [2.45, 2.75) is 27.4 Å². The summed E-state index contributed by atoms with van der Waals surface area (Å²) in [4.78, 5) is 23.7. The van der Waals surface area contributed by atoms with Crippen molar-refractivity contribution in [3.8, 4) is 23.0 Å². The Balaban J connectivity index is 1.70. The minimum atomic E-state index is -0.984. The fourth-order valence-corrected chi connectivity index (χ4v) is 3.96. The molecule has 3 rings (SSSR count). The first-order valence-corrected chi connectivity index (χ1v) is 12.8. The average Bonchev–Trinajstić information content (AvgIpc) is 2.90. The van der Waals surface area contributed by atoms with Crippen molar-refractivity contribution >= 4 is 34.0 Å². The molecule has 0 aliphatic rings. The molecule has 0 fully saturated rings. The number of rotatable bonds is 13. The van der Waals surface area contributed by atoms with Crippen LogP contribution >= 0.6 is 15.9 Å². The van der Waals surface area contributed by atoms with Crippen molar-refractivity contribution in [2.24, 2.45) is 5.10 Å². The second-order valence-electron chi connectivity index (χ2n) is 7.78. The number of halogens is 1. The van der Waals surface area contributed by atoms with Crippen molar-refractivity contribution in [1.82, 2.24) is 5.43 Å². The van der Waals surface area contributed by atoms with E-state index in [1.54, 1.807) is 42.5 Å². The van der Waals surface area contributed by atoms with E-state index in [9.17, 15) is 9.59 Å². The maximum absolute atomic E-state index is 12.6. The zero-order valence-corrected chi connectivity index (χ0v) is 22.9. The molecule has 0 aromatic heterocycles. The molecule has 0 heterocycles. The zero-order valence-electron chi connectivity index (χ0n) is 21.3. The average molecular weight is 585 g/mol. The number of carbonyl (C=O) groups excluding carboxylic acids is 1. The van der Waals surface area contributed by atoms with Gasteiger partial charge in [-0.3, -0.25) is 4.79 Å². The summed E-state index contributed by atoms with van der Waals surface area (Å²) in [5.41, 5.74) is 4.58. The Morgan fingerprint density at radius 3 is 2.13 bits per heavy atom. The minimum absolute atomic E-state index is 0.206. The molecule has 0 atom stereocenters. The summed E-state index contributed by atoms with van der Waals surface area (Å²) in [5, 5.41) is 13.1. The first kappa shape index (κ1) is 28.5. The number of carbonyl (C=O) groups is 2. The molecule has 3 aromatic rings. The summed E-state index contributed by atoms with van der Waals surface area (Å²) in [5.74, 6) is 0.662. The largest absolute Gasteiger partial charge is 0.490 e. The number of benzene rings is 3. The van der Waals surface area contributed by atoms with Crippen molar-refractivity contribution in [2.75, 3.05) is 19.8 Å². The fourth-order valence-electron chi connectivity index (χ4n) is 3.39. The maximum Gasteiger partial charge on any atom is 0.335 e. The van der Waals surface area contributed by atoms with Gasteiger partial charge in [0.15, 0.2) is 23.0 Å². The first-order valence-electron chi connectivity index (χ1n) is 12.0. The smallest absolute Gasteiger partial charge is 0.335 e. The lowest BCUT2D eigenvalue weighted by atomic mass is 10.1. The third kappa shape index (κ3) is 7.72. The van der Waals surface area contributed by atoms with Gasteiger partial charge < -0.3 is 24.1 Å². The zero-order chi connectivity index (χ0) is 27.5. The highest BCUT2D eigenvalue weighted by molar-refractivity contribution is 9.10. The Labute approximate surface area is 229 Å². The molecule has 0 saturated carbocycles. The lowest BCUT2D eigenvalue weighted by Crippen LogP contribution is -2.17. The van der Waals surface area contributed by atoms with Gasteiger partial charge in [0, 0.05) is 5.56 Å². The Hall–Kier alpha value is -4.05. The van der Waals surface area contributed by atoms with Crippen LogP contribution in [0.2, 0.25) is 0 Å². The molecule has 0 aliphatic heterocycles. The molecule has 38 heavy (non-hydrogen) atoms. The molecule has 3 aromatic carbocycles. The summed E-state index contributed by atoms with van der Waals surface area (Å²) in [7, 11) is 0. The van der Waals surface area contributed by atoms with Gasteiger partial charge in [-0.25, -0.2) is 10.2 Å². The van der Waals surface area contributed by atoms with Gasteiger partial charge in [0.25, 0.3) is 5.91 Å². The third-order valence-electron chi connectivity index (χ3n) is 5.10. The molecule has 0 aliphatic carbocycles. The van der Waals surface area contributed by atoms with E-state index >= 15 is 0 Å². The van der Waals surface area contributed by atoms with Crippen molar-refractivity contribution in [3.05, 3.63) is 81.3 Å². The van der Waals surface area contributed by atoms with Gasteiger partial charge in [0.2, 0.25) is 0 Å². The van der Waals surface area contributed by atoms with E-state index in [0.717, 1.165) is 5.56 Å². The number of aromatic carboxylic acids is 1. The molecule has 1 amide bonds. The lowest BCUT2D eigenvalue weighted by molar-refractivity contribution is 0.0696. The Morgan fingerprint density at radius 2 is 1.47 bits per heavy atom. The predicted molar refractivity (Wildman–Crippen MR) is 147 cm³/mol. The highest BCUT2D eigenvalue weighted by atomic mass is 79.9. The fraction of sp³-hybridized carbons (Fsp3) is 0.250. The Kier molecular flexibility index (Phi) is 10.5. The van der Waals surface area contributed by atoms with Crippen LogP contribution in [0.25, 0.3) is 0 Å². The molecule has 0 bridgehead atoms. The van der Waals surface area contributed by atoms with Gasteiger partial charge >= 0.3 is 5.97 Å². The number of hydrazone groups is 1. The molecule has 2 N–H and O–H groups in total. The van der Waals surface area contributed by atoms with Gasteiger partial charge in [-0.05, 0) is 90.3 Å². The van der Waals surface area contributed by atoms with Crippen LogP contribution in [0.4, 0.5) is 0 Å². The molecule has 0 spiro atoms. The monoisotopic (exact) mass is 584 g/mol. The highest BCUT2D eigenvalue weighted by Gasteiger charge is 2.14. The van der Waals surface area contributed by atoms with E-state index in [1.165, 1.54) is 18.3 Å². The Morgan fingerprint density at radius 1 is 0.842 bits per heavy atom. The molecule has 0 unspecified atom stereocenters. The number of hydrogen-bond acceptors (Lipinski definition) is 7. The van der Waals surface area contributed by atoms with E-state index in [4.69, 9.17) is 24.1 Å².